The van der Waals surface area contributed by atoms with Crippen molar-refractivity contribution in [1.82, 2.24) is 9.97 Å². The minimum Gasteiger partial charge on any atom is -0.228 e. The van der Waals surface area contributed by atoms with Crippen LogP contribution in [0.2, 0.25) is 0 Å². The molecule has 1 heterocycles. The lowest BCUT2D eigenvalue weighted by molar-refractivity contribution is 1.23. The van der Waals surface area contributed by atoms with Gasteiger partial charge >= 0.3 is 0 Å². The second-order valence-electron chi connectivity index (χ2n) is 13.0. The summed E-state index contributed by atoms with van der Waals surface area (Å²) in [6, 6.07) is 72.9. The summed E-state index contributed by atoms with van der Waals surface area (Å²) in [4.78, 5) is 10.3. The number of nitrogens with zero attached hydrogens (tertiary/aromatic N) is 2. The minimum absolute atomic E-state index is 0.710. The minimum atomic E-state index is 0.710. The molecule has 0 fully saturated rings. The molecular formula is C50H34N2. The Hall–Kier alpha value is -6.90. The number of hydrogen-bond acceptors (Lipinski definition) is 2. The smallest absolute Gasteiger partial charge is 0.160 e. The molecule has 0 aliphatic carbocycles. The molecular weight excluding hydrogens is 629 g/mol. The Kier molecular flexibility index (Phi) is 8.24. The van der Waals surface area contributed by atoms with Crippen LogP contribution in [0.15, 0.2) is 206 Å². The molecule has 0 bridgehead atoms. The van der Waals surface area contributed by atoms with Gasteiger partial charge in [0, 0.05) is 16.5 Å². The number of benzene rings is 8. The summed E-state index contributed by atoms with van der Waals surface area (Å²) in [7, 11) is 0. The number of para-hydroxylation sites is 1. The van der Waals surface area contributed by atoms with Crippen molar-refractivity contribution in [3.05, 3.63) is 206 Å². The van der Waals surface area contributed by atoms with Crippen molar-refractivity contribution in [2.45, 2.75) is 0 Å². The van der Waals surface area contributed by atoms with Gasteiger partial charge in [-0.05, 0) is 92.0 Å². The van der Waals surface area contributed by atoms with Crippen LogP contribution in [0.4, 0.5) is 0 Å². The van der Waals surface area contributed by atoms with E-state index in [2.05, 4.69) is 194 Å². The molecule has 2 nitrogen and oxygen atoms in total. The van der Waals surface area contributed by atoms with Crippen LogP contribution in [-0.4, -0.2) is 9.97 Å². The van der Waals surface area contributed by atoms with E-state index in [0.29, 0.717) is 5.82 Å². The largest absolute Gasteiger partial charge is 0.228 e. The van der Waals surface area contributed by atoms with E-state index in [9.17, 15) is 0 Å². The zero-order valence-electron chi connectivity index (χ0n) is 28.5. The molecule has 8 aromatic carbocycles. The third kappa shape index (κ3) is 6.30. The van der Waals surface area contributed by atoms with Crippen LogP contribution in [0.5, 0.6) is 0 Å². The van der Waals surface area contributed by atoms with Crippen molar-refractivity contribution >= 4 is 10.9 Å². The van der Waals surface area contributed by atoms with Crippen LogP contribution in [0.25, 0.3) is 89.2 Å². The fraction of sp³-hybridized carbons (Fsp3) is 0. The Bertz CT molecular complexity index is 2680. The van der Waals surface area contributed by atoms with Crippen molar-refractivity contribution in [2.75, 3.05) is 0 Å². The summed E-state index contributed by atoms with van der Waals surface area (Å²) < 4.78 is 0. The van der Waals surface area contributed by atoms with Crippen molar-refractivity contribution in [3.63, 3.8) is 0 Å². The molecule has 0 unspecified atom stereocenters. The molecule has 244 valence electrons. The van der Waals surface area contributed by atoms with Gasteiger partial charge in [0.25, 0.3) is 0 Å². The van der Waals surface area contributed by atoms with E-state index < -0.39 is 0 Å². The molecule has 0 saturated heterocycles. The molecule has 1 aromatic heterocycles. The number of aromatic nitrogens is 2. The van der Waals surface area contributed by atoms with Crippen molar-refractivity contribution in [2.24, 2.45) is 0 Å². The normalized spacial score (nSPS) is 11.1. The van der Waals surface area contributed by atoms with E-state index in [1.165, 1.54) is 38.9 Å². The lowest BCUT2D eigenvalue weighted by Crippen LogP contribution is -1.95. The van der Waals surface area contributed by atoms with Gasteiger partial charge in [-0.15, -0.1) is 0 Å². The summed E-state index contributed by atoms with van der Waals surface area (Å²) in [5.74, 6) is 0.710. The van der Waals surface area contributed by atoms with Crippen LogP contribution in [-0.2, 0) is 0 Å². The van der Waals surface area contributed by atoms with Crippen molar-refractivity contribution < 1.29 is 0 Å². The zero-order chi connectivity index (χ0) is 34.7. The fourth-order valence-corrected chi connectivity index (χ4v) is 7.01. The van der Waals surface area contributed by atoms with E-state index in [-0.39, 0.29) is 0 Å². The number of rotatable bonds is 7. The van der Waals surface area contributed by atoms with E-state index in [4.69, 9.17) is 9.97 Å². The molecule has 9 aromatic rings. The lowest BCUT2D eigenvalue weighted by atomic mass is 9.94. The highest BCUT2D eigenvalue weighted by atomic mass is 14.9. The first kappa shape index (κ1) is 31.1. The lowest BCUT2D eigenvalue weighted by Gasteiger charge is -2.12. The molecule has 0 radical (unpaired) electrons. The topological polar surface area (TPSA) is 25.8 Å². The van der Waals surface area contributed by atoms with E-state index in [1.54, 1.807) is 0 Å². The molecule has 0 spiro atoms. The monoisotopic (exact) mass is 662 g/mol. The molecule has 0 aliphatic heterocycles. The summed E-state index contributed by atoms with van der Waals surface area (Å²) in [6.45, 7) is 0. The second kappa shape index (κ2) is 13.8. The Morgan fingerprint density at radius 2 is 0.558 bits per heavy atom. The second-order valence-corrected chi connectivity index (χ2v) is 13.0. The molecule has 52 heavy (non-hydrogen) atoms. The van der Waals surface area contributed by atoms with Gasteiger partial charge < -0.3 is 0 Å². The quantitative estimate of drug-likeness (QED) is 0.170. The Balaban J connectivity index is 1.06. The predicted molar refractivity (Wildman–Crippen MR) is 218 cm³/mol. The highest BCUT2D eigenvalue weighted by Gasteiger charge is 2.14. The summed E-state index contributed by atoms with van der Waals surface area (Å²) in [5, 5.41) is 1.04. The van der Waals surface area contributed by atoms with Crippen LogP contribution in [0.3, 0.4) is 0 Å². The van der Waals surface area contributed by atoms with Crippen molar-refractivity contribution in [3.8, 4) is 78.3 Å². The highest BCUT2D eigenvalue weighted by Crippen LogP contribution is 2.35. The van der Waals surface area contributed by atoms with Crippen LogP contribution in [0, 0.1) is 0 Å². The van der Waals surface area contributed by atoms with Gasteiger partial charge in [-0.3, -0.25) is 0 Å². The summed E-state index contributed by atoms with van der Waals surface area (Å²) in [5.41, 5.74) is 15.7. The molecule has 0 saturated carbocycles. The number of fused-ring (bicyclic) bond motifs is 1. The standard InChI is InChI=1S/C50H34N2/c1-3-14-35(15-4-1)37-18-9-20-39(30-37)40-21-10-22-41(31-40)42-23-11-24-43(32-42)44-25-13-27-46(34-44)50-51-48-29-8-7-28-47(48)49(52-50)45-26-12-19-38(33-45)36-16-5-2-6-17-36/h1-34H. The third-order valence-electron chi connectivity index (χ3n) is 9.66. The maximum Gasteiger partial charge on any atom is 0.160 e. The van der Waals surface area contributed by atoms with Gasteiger partial charge in [0.15, 0.2) is 5.82 Å². The third-order valence-corrected chi connectivity index (χ3v) is 9.66. The molecule has 2 heteroatoms. The predicted octanol–water partition coefficient (Wildman–Crippen LogP) is 13.3. The van der Waals surface area contributed by atoms with E-state index >= 15 is 0 Å². The number of hydrogen-bond donors (Lipinski definition) is 0. The van der Waals surface area contributed by atoms with Crippen molar-refractivity contribution in [1.29, 1.82) is 0 Å². The van der Waals surface area contributed by atoms with Gasteiger partial charge in [0.2, 0.25) is 0 Å². The average molecular weight is 663 g/mol. The summed E-state index contributed by atoms with van der Waals surface area (Å²) >= 11 is 0. The Morgan fingerprint density at radius 1 is 0.231 bits per heavy atom. The fourth-order valence-electron chi connectivity index (χ4n) is 7.01. The molecule has 9 rings (SSSR count). The van der Waals surface area contributed by atoms with Crippen LogP contribution >= 0.6 is 0 Å². The van der Waals surface area contributed by atoms with Gasteiger partial charge in [-0.1, -0.05) is 170 Å². The average Bonchev–Trinajstić information content (AvgIpc) is 3.24. The first-order valence-electron chi connectivity index (χ1n) is 17.6. The van der Waals surface area contributed by atoms with Gasteiger partial charge in [-0.2, -0.15) is 0 Å². The maximum absolute atomic E-state index is 5.23. The SMILES string of the molecule is c1ccc(-c2cccc(-c3cccc(-c4cccc(-c5cccc(-c6nc(-c7cccc(-c8ccccc8)c7)c7ccccc7n6)c5)c4)c3)c2)cc1. The first-order valence-corrected chi connectivity index (χ1v) is 17.6. The molecule has 0 atom stereocenters. The maximum atomic E-state index is 5.23. The first-order chi connectivity index (χ1) is 25.7. The molecule has 0 amide bonds. The summed E-state index contributed by atoms with van der Waals surface area (Å²) in [6.07, 6.45) is 0. The van der Waals surface area contributed by atoms with Gasteiger partial charge in [0.1, 0.15) is 0 Å². The molecule has 0 N–H and O–H groups in total. The Labute approximate surface area is 304 Å². The Morgan fingerprint density at radius 3 is 1.04 bits per heavy atom. The van der Waals surface area contributed by atoms with E-state index in [1.807, 2.05) is 12.1 Å². The van der Waals surface area contributed by atoms with E-state index in [0.717, 1.165) is 44.4 Å². The highest BCUT2D eigenvalue weighted by molar-refractivity contribution is 5.94. The van der Waals surface area contributed by atoms with Gasteiger partial charge in [-0.25, -0.2) is 9.97 Å². The van der Waals surface area contributed by atoms with Crippen LogP contribution in [0.1, 0.15) is 0 Å². The van der Waals surface area contributed by atoms with Crippen LogP contribution < -0.4 is 0 Å². The molecule has 0 aliphatic rings. The van der Waals surface area contributed by atoms with Gasteiger partial charge in [0.05, 0.1) is 11.2 Å². The zero-order valence-corrected chi connectivity index (χ0v) is 28.5.